The van der Waals surface area contributed by atoms with Crippen molar-refractivity contribution in [2.45, 2.75) is 35.6 Å². The first kappa shape index (κ1) is 18.9. The Morgan fingerprint density at radius 3 is 2.90 bits per heavy atom. The van der Waals surface area contributed by atoms with Crippen LogP contribution in [0.4, 0.5) is 0 Å². The number of rotatable bonds is 4. The molecule has 4 aromatic rings. The van der Waals surface area contributed by atoms with E-state index < -0.39 is 0 Å². The summed E-state index contributed by atoms with van der Waals surface area (Å²) >= 11 is 1.61. The van der Waals surface area contributed by atoms with E-state index in [1.165, 1.54) is 6.42 Å². The molecule has 0 spiro atoms. The molecule has 1 saturated heterocycles. The van der Waals surface area contributed by atoms with Gasteiger partial charge in [-0.1, -0.05) is 11.8 Å². The highest BCUT2D eigenvalue weighted by Gasteiger charge is 2.18. The SMILES string of the molecule is Cc1ccncc1Sc1cc(-c2cnn([C@@H]3CCCNC3)c2)cn2ncc(C#N)c12. The number of nitriles is 1. The molecule has 1 N–H and O–H groups in total. The molecule has 30 heavy (non-hydrogen) atoms. The summed E-state index contributed by atoms with van der Waals surface area (Å²) in [5, 5.41) is 22.1. The van der Waals surface area contributed by atoms with Gasteiger partial charge in [-0.3, -0.25) is 9.67 Å². The minimum absolute atomic E-state index is 0.387. The second-order valence-electron chi connectivity index (χ2n) is 7.51. The number of fused-ring (bicyclic) bond motifs is 1. The van der Waals surface area contributed by atoms with Gasteiger partial charge in [0.05, 0.1) is 29.5 Å². The third kappa shape index (κ3) is 3.47. The molecule has 0 amide bonds. The fourth-order valence-corrected chi connectivity index (χ4v) is 4.89. The molecule has 0 aliphatic carbocycles. The first-order valence-electron chi connectivity index (χ1n) is 9.98. The molecule has 1 atom stereocenters. The molecule has 1 aliphatic heterocycles. The number of nitrogens with zero attached hydrogens (tertiary/aromatic N) is 6. The van der Waals surface area contributed by atoms with Crippen molar-refractivity contribution in [3.05, 3.63) is 60.4 Å². The van der Waals surface area contributed by atoms with Gasteiger partial charge in [-0.05, 0) is 44.0 Å². The molecule has 150 valence electrons. The third-order valence-corrected chi connectivity index (χ3v) is 6.67. The second kappa shape index (κ2) is 7.94. The molecule has 8 heteroatoms. The first-order chi connectivity index (χ1) is 14.7. The number of piperidine rings is 1. The molecule has 0 unspecified atom stereocenters. The Morgan fingerprint density at radius 2 is 2.10 bits per heavy atom. The van der Waals surface area contributed by atoms with Crippen molar-refractivity contribution in [2.75, 3.05) is 13.1 Å². The Bertz CT molecular complexity index is 1240. The van der Waals surface area contributed by atoms with E-state index in [1.807, 2.05) is 24.7 Å². The molecule has 0 bridgehead atoms. The van der Waals surface area contributed by atoms with Crippen LogP contribution in [-0.2, 0) is 0 Å². The summed E-state index contributed by atoms with van der Waals surface area (Å²) in [5.41, 5.74) is 4.59. The maximum absolute atomic E-state index is 9.56. The van der Waals surface area contributed by atoms with Crippen molar-refractivity contribution < 1.29 is 0 Å². The summed E-state index contributed by atoms with van der Waals surface area (Å²) in [6.07, 6.45) is 13.6. The minimum Gasteiger partial charge on any atom is -0.315 e. The quantitative estimate of drug-likeness (QED) is 0.545. The summed E-state index contributed by atoms with van der Waals surface area (Å²) in [4.78, 5) is 6.30. The van der Waals surface area contributed by atoms with Crippen molar-refractivity contribution in [3.8, 4) is 17.2 Å². The fourth-order valence-electron chi connectivity index (χ4n) is 3.82. The van der Waals surface area contributed by atoms with E-state index in [0.29, 0.717) is 11.6 Å². The maximum Gasteiger partial charge on any atom is 0.103 e. The van der Waals surface area contributed by atoms with E-state index in [9.17, 15) is 5.26 Å². The minimum atomic E-state index is 0.387. The standard InChI is InChI=1S/C22H21N7S/c1-15-4-6-25-12-21(15)30-20-7-16(13-29-22(20)17(8-23)9-27-29)18-10-26-28(14-18)19-3-2-5-24-11-19/h4,6-7,9-10,12-14,19,24H,2-3,5,11H2,1H3/t19-/m1/s1. The van der Waals surface area contributed by atoms with Crippen molar-refractivity contribution in [1.82, 2.24) is 29.7 Å². The van der Waals surface area contributed by atoms with Gasteiger partial charge in [0, 0.05) is 52.3 Å². The molecular formula is C22H21N7S. The predicted molar refractivity (Wildman–Crippen MR) is 115 cm³/mol. The third-order valence-electron chi connectivity index (χ3n) is 5.49. The molecule has 7 nitrogen and oxygen atoms in total. The van der Waals surface area contributed by atoms with E-state index in [-0.39, 0.29) is 0 Å². The molecule has 5 rings (SSSR count). The molecular weight excluding hydrogens is 394 g/mol. The predicted octanol–water partition coefficient (Wildman–Crippen LogP) is 3.85. The lowest BCUT2D eigenvalue weighted by Gasteiger charge is -2.22. The van der Waals surface area contributed by atoms with Crippen LogP contribution in [0.25, 0.3) is 16.6 Å². The van der Waals surface area contributed by atoms with Crippen LogP contribution in [0.5, 0.6) is 0 Å². The average molecular weight is 416 g/mol. The van der Waals surface area contributed by atoms with Crippen LogP contribution < -0.4 is 5.32 Å². The van der Waals surface area contributed by atoms with E-state index in [0.717, 1.165) is 51.5 Å². The lowest BCUT2D eigenvalue weighted by molar-refractivity contribution is 0.347. The van der Waals surface area contributed by atoms with E-state index in [2.05, 4.69) is 50.4 Å². The zero-order chi connectivity index (χ0) is 20.5. The molecule has 4 aromatic heterocycles. The Morgan fingerprint density at radius 1 is 1.17 bits per heavy atom. The summed E-state index contributed by atoms with van der Waals surface area (Å²) < 4.78 is 3.86. The zero-order valence-corrected chi connectivity index (χ0v) is 17.4. The van der Waals surface area contributed by atoms with Crippen LogP contribution in [0.3, 0.4) is 0 Å². The van der Waals surface area contributed by atoms with Crippen molar-refractivity contribution in [2.24, 2.45) is 0 Å². The van der Waals surface area contributed by atoms with Crippen LogP contribution in [0, 0.1) is 18.3 Å². The summed E-state index contributed by atoms with van der Waals surface area (Å²) in [5.74, 6) is 0. The van der Waals surface area contributed by atoms with Gasteiger partial charge in [-0.25, -0.2) is 4.52 Å². The monoisotopic (exact) mass is 415 g/mol. The van der Waals surface area contributed by atoms with Gasteiger partial charge in [0.1, 0.15) is 6.07 Å². The summed E-state index contributed by atoms with van der Waals surface area (Å²) in [6.45, 7) is 4.09. The van der Waals surface area contributed by atoms with Gasteiger partial charge in [-0.2, -0.15) is 15.5 Å². The molecule has 5 heterocycles. The number of aromatic nitrogens is 5. The highest BCUT2D eigenvalue weighted by Crippen LogP contribution is 2.36. The van der Waals surface area contributed by atoms with Crippen LogP contribution in [-0.4, -0.2) is 37.5 Å². The highest BCUT2D eigenvalue weighted by atomic mass is 32.2. The van der Waals surface area contributed by atoms with Gasteiger partial charge < -0.3 is 5.32 Å². The Kier molecular flexibility index (Phi) is 4.99. The summed E-state index contributed by atoms with van der Waals surface area (Å²) in [7, 11) is 0. The van der Waals surface area contributed by atoms with Crippen LogP contribution in [0.15, 0.2) is 59.1 Å². The molecule has 0 saturated carbocycles. The average Bonchev–Trinajstić information content (AvgIpc) is 3.43. The zero-order valence-electron chi connectivity index (χ0n) is 16.6. The smallest absolute Gasteiger partial charge is 0.103 e. The normalized spacial score (nSPS) is 16.6. The van der Waals surface area contributed by atoms with Crippen molar-refractivity contribution in [1.29, 1.82) is 5.26 Å². The topological polar surface area (TPSA) is 83.8 Å². The van der Waals surface area contributed by atoms with Gasteiger partial charge in [0.25, 0.3) is 0 Å². The Hall–Kier alpha value is -3.15. The van der Waals surface area contributed by atoms with Crippen LogP contribution in [0.2, 0.25) is 0 Å². The molecule has 1 aliphatic rings. The van der Waals surface area contributed by atoms with Gasteiger partial charge in [-0.15, -0.1) is 0 Å². The Labute approximate surface area is 178 Å². The largest absolute Gasteiger partial charge is 0.315 e. The first-order valence-corrected chi connectivity index (χ1v) is 10.8. The van der Waals surface area contributed by atoms with Crippen molar-refractivity contribution >= 4 is 17.3 Å². The fraction of sp³-hybridized carbons (Fsp3) is 0.273. The van der Waals surface area contributed by atoms with E-state index in [1.54, 1.807) is 28.7 Å². The van der Waals surface area contributed by atoms with Gasteiger partial charge >= 0.3 is 0 Å². The number of hydrogen-bond donors (Lipinski definition) is 1. The van der Waals surface area contributed by atoms with Crippen LogP contribution in [0.1, 0.15) is 30.0 Å². The van der Waals surface area contributed by atoms with Gasteiger partial charge in [0.15, 0.2) is 0 Å². The number of nitrogens with one attached hydrogen (secondary N) is 1. The number of hydrogen-bond acceptors (Lipinski definition) is 6. The maximum atomic E-state index is 9.56. The second-order valence-corrected chi connectivity index (χ2v) is 8.59. The molecule has 1 fully saturated rings. The molecule has 0 radical (unpaired) electrons. The lowest BCUT2D eigenvalue weighted by atomic mass is 10.1. The van der Waals surface area contributed by atoms with Gasteiger partial charge in [0.2, 0.25) is 0 Å². The van der Waals surface area contributed by atoms with E-state index in [4.69, 9.17) is 0 Å². The number of aryl methyl sites for hydroxylation is 1. The summed E-state index contributed by atoms with van der Waals surface area (Å²) in [6, 6.07) is 6.76. The van der Waals surface area contributed by atoms with Crippen LogP contribution >= 0.6 is 11.8 Å². The van der Waals surface area contributed by atoms with Crippen molar-refractivity contribution in [3.63, 3.8) is 0 Å². The lowest BCUT2D eigenvalue weighted by Crippen LogP contribution is -2.31. The van der Waals surface area contributed by atoms with E-state index >= 15 is 0 Å². The Balaban J connectivity index is 1.58. The highest BCUT2D eigenvalue weighted by molar-refractivity contribution is 7.99. The molecule has 0 aromatic carbocycles. The number of pyridine rings is 2.